The van der Waals surface area contributed by atoms with Crippen molar-refractivity contribution in [2.45, 2.75) is 26.8 Å². The number of nitrogens with zero attached hydrogens (tertiary/aromatic N) is 4. The Balaban J connectivity index is 1.53. The first kappa shape index (κ1) is 16.1. The number of para-hydroxylation sites is 1. The lowest BCUT2D eigenvalue weighted by molar-refractivity contribution is 0.151. The van der Waals surface area contributed by atoms with Gasteiger partial charge < -0.3 is 14.2 Å². The standard InChI is InChI=1S/C21H21BN4O/c1-15-9-10-18-19-13-22(3)26(14-20(19)27-21(18)23-15)25-12-11-24(16(25)2)17-7-5-4-6-8-17/h4-14,16H,1-3H3/t16-/m0/s1. The van der Waals surface area contributed by atoms with Crippen LogP contribution in [0.4, 0.5) is 5.69 Å². The summed E-state index contributed by atoms with van der Waals surface area (Å²) in [5.41, 5.74) is 3.71. The smallest absolute Gasteiger partial charge is 0.304 e. The van der Waals surface area contributed by atoms with Gasteiger partial charge in [0.2, 0.25) is 5.71 Å². The van der Waals surface area contributed by atoms with E-state index < -0.39 is 0 Å². The topological polar surface area (TPSA) is 35.8 Å². The highest BCUT2D eigenvalue weighted by Gasteiger charge is 2.31. The van der Waals surface area contributed by atoms with E-state index >= 15 is 0 Å². The second-order valence-electron chi connectivity index (χ2n) is 7.15. The minimum Gasteiger partial charge on any atom is -0.436 e. The van der Waals surface area contributed by atoms with Crippen molar-refractivity contribution in [1.82, 2.24) is 14.9 Å². The average molecular weight is 356 g/mol. The summed E-state index contributed by atoms with van der Waals surface area (Å²) in [6.45, 7) is 6.60. The van der Waals surface area contributed by atoms with Crippen molar-refractivity contribution in [1.29, 1.82) is 0 Å². The van der Waals surface area contributed by atoms with Gasteiger partial charge >= 0.3 is 6.85 Å². The van der Waals surface area contributed by atoms with Gasteiger partial charge in [-0.05, 0) is 38.1 Å². The summed E-state index contributed by atoms with van der Waals surface area (Å²) >= 11 is 0. The predicted octanol–water partition coefficient (Wildman–Crippen LogP) is 2.69. The summed E-state index contributed by atoms with van der Waals surface area (Å²) < 4.78 is 6.05. The van der Waals surface area contributed by atoms with E-state index in [0.717, 1.165) is 21.7 Å². The van der Waals surface area contributed by atoms with Gasteiger partial charge in [0.15, 0.2) is 5.42 Å². The molecule has 1 atom stereocenters. The zero-order valence-corrected chi connectivity index (χ0v) is 15.7. The van der Waals surface area contributed by atoms with Crippen molar-refractivity contribution in [3.63, 3.8) is 0 Å². The van der Waals surface area contributed by atoms with Crippen LogP contribution < -0.4 is 15.5 Å². The Kier molecular flexibility index (Phi) is 3.54. The first-order valence-electron chi connectivity index (χ1n) is 9.30. The van der Waals surface area contributed by atoms with Gasteiger partial charge in [-0.25, -0.2) is 4.98 Å². The number of anilines is 1. The maximum absolute atomic E-state index is 6.05. The number of aryl methyl sites for hydroxylation is 1. The number of pyridine rings is 1. The van der Waals surface area contributed by atoms with Crippen molar-refractivity contribution in [2.24, 2.45) is 0 Å². The molecule has 0 aliphatic carbocycles. The Bertz CT molecular complexity index is 1150. The van der Waals surface area contributed by atoms with Crippen molar-refractivity contribution < 1.29 is 4.42 Å². The summed E-state index contributed by atoms with van der Waals surface area (Å²) in [5.74, 6) is 2.25. The summed E-state index contributed by atoms with van der Waals surface area (Å²) in [6.07, 6.45) is 6.51. The quantitative estimate of drug-likeness (QED) is 0.660. The number of aromatic nitrogens is 1. The lowest BCUT2D eigenvalue weighted by Crippen LogP contribution is -2.53. The third-order valence-electron chi connectivity index (χ3n) is 5.32. The van der Waals surface area contributed by atoms with Gasteiger partial charge in [-0.1, -0.05) is 31.0 Å². The molecule has 2 aliphatic heterocycles. The highest BCUT2D eigenvalue weighted by Crippen LogP contribution is 2.26. The number of hydrazine groups is 1. The molecule has 5 rings (SSSR count). The molecule has 0 saturated heterocycles. The SMILES string of the molecule is CB1C=c2c(oc3nc(C)ccc23)=CN1N1C=CN(c2ccccc2)[C@@H]1C. The second kappa shape index (κ2) is 5.94. The van der Waals surface area contributed by atoms with Gasteiger partial charge in [0.1, 0.15) is 6.17 Å². The Hall–Kier alpha value is -3.15. The van der Waals surface area contributed by atoms with Gasteiger partial charge in [-0.15, -0.1) is 0 Å². The van der Waals surface area contributed by atoms with Gasteiger partial charge in [-0.3, -0.25) is 5.01 Å². The highest BCUT2D eigenvalue weighted by molar-refractivity contribution is 6.70. The fourth-order valence-electron chi connectivity index (χ4n) is 3.90. The van der Waals surface area contributed by atoms with E-state index in [4.69, 9.17) is 4.42 Å². The molecule has 0 bridgehead atoms. The molecule has 0 amide bonds. The number of benzene rings is 1. The maximum Gasteiger partial charge on any atom is 0.304 e. The van der Waals surface area contributed by atoms with Crippen molar-refractivity contribution in [2.75, 3.05) is 4.90 Å². The molecular weight excluding hydrogens is 335 g/mol. The Morgan fingerprint density at radius 3 is 2.70 bits per heavy atom. The molecule has 0 N–H and O–H groups in total. The van der Waals surface area contributed by atoms with E-state index in [1.54, 1.807) is 0 Å². The van der Waals surface area contributed by atoms with Crippen LogP contribution in [-0.2, 0) is 0 Å². The maximum atomic E-state index is 6.05. The van der Waals surface area contributed by atoms with Gasteiger partial charge in [0, 0.05) is 34.4 Å². The van der Waals surface area contributed by atoms with E-state index in [-0.39, 0.29) is 13.0 Å². The van der Waals surface area contributed by atoms with Crippen LogP contribution in [0.2, 0.25) is 6.82 Å². The molecule has 0 unspecified atom stereocenters. The van der Waals surface area contributed by atoms with E-state index in [9.17, 15) is 0 Å². The number of rotatable bonds is 2. The lowest BCUT2D eigenvalue weighted by atomic mass is 9.63. The van der Waals surface area contributed by atoms with Crippen LogP contribution in [0.15, 0.2) is 59.3 Å². The van der Waals surface area contributed by atoms with E-state index in [0.29, 0.717) is 5.71 Å². The molecule has 0 saturated carbocycles. The fourth-order valence-corrected chi connectivity index (χ4v) is 3.90. The van der Waals surface area contributed by atoms with Crippen LogP contribution in [0, 0.1) is 6.92 Å². The summed E-state index contributed by atoms with van der Waals surface area (Å²) in [7, 11) is 0. The van der Waals surface area contributed by atoms with Crippen molar-refractivity contribution in [3.05, 3.63) is 71.2 Å². The fraction of sp³-hybridized carbons (Fsp3) is 0.190. The molecule has 27 heavy (non-hydrogen) atoms. The van der Waals surface area contributed by atoms with Gasteiger partial charge in [-0.2, -0.15) is 0 Å². The predicted molar refractivity (Wildman–Crippen MR) is 110 cm³/mol. The van der Waals surface area contributed by atoms with Crippen molar-refractivity contribution >= 4 is 35.8 Å². The minimum absolute atomic E-state index is 0.172. The van der Waals surface area contributed by atoms with Crippen molar-refractivity contribution in [3.8, 4) is 0 Å². The average Bonchev–Trinajstić information content (AvgIpc) is 3.21. The normalized spacial score (nSPS) is 18.7. The van der Waals surface area contributed by atoms with Crippen LogP contribution in [0.1, 0.15) is 12.6 Å². The molecule has 1 aromatic carbocycles. The molecule has 4 heterocycles. The first-order chi connectivity index (χ1) is 13.1. The zero-order valence-electron chi connectivity index (χ0n) is 15.7. The minimum atomic E-state index is 0.172. The molecule has 5 nitrogen and oxygen atoms in total. The summed E-state index contributed by atoms with van der Waals surface area (Å²) in [4.78, 5) is 9.02. The Morgan fingerprint density at radius 1 is 1.07 bits per heavy atom. The van der Waals surface area contributed by atoms with Crippen LogP contribution in [0.25, 0.3) is 23.3 Å². The molecule has 0 radical (unpaired) electrons. The van der Waals surface area contributed by atoms with Crippen LogP contribution >= 0.6 is 0 Å². The van der Waals surface area contributed by atoms with Crippen LogP contribution in [-0.4, -0.2) is 27.9 Å². The Labute approximate surface area is 158 Å². The third kappa shape index (κ3) is 2.52. The molecule has 6 heteroatoms. The van der Waals surface area contributed by atoms with E-state index in [1.165, 1.54) is 5.69 Å². The highest BCUT2D eigenvalue weighted by atomic mass is 16.3. The van der Waals surface area contributed by atoms with E-state index in [1.807, 2.05) is 19.1 Å². The molecule has 0 fully saturated rings. The van der Waals surface area contributed by atoms with Crippen LogP contribution in [0.3, 0.4) is 0 Å². The molecule has 3 aromatic rings. The molecule has 2 aromatic heterocycles. The molecule has 2 aliphatic rings. The number of hydrogen-bond donors (Lipinski definition) is 0. The number of hydrogen-bond acceptors (Lipinski definition) is 5. The molecule has 134 valence electrons. The number of fused-ring (bicyclic) bond motifs is 3. The third-order valence-corrected chi connectivity index (χ3v) is 5.32. The monoisotopic (exact) mass is 356 g/mol. The summed E-state index contributed by atoms with van der Waals surface area (Å²) in [5, 5.41) is 4.45. The van der Waals surface area contributed by atoms with Gasteiger partial charge in [0.05, 0.1) is 6.20 Å². The number of furan rings is 1. The second-order valence-corrected chi connectivity index (χ2v) is 7.15. The largest absolute Gasteiger partial charge is 0.436 e. The Morgan fingerprint density at radius 2 is 1.89 bits per heavy atom. The first-order valence-corrected chi connectivity index (χ1v) is 9.30. The molecule has 0 spiro atoms. The van der Waals surface area contributed by atoms with E-state index in [2.05, 4.69) is 88.5 Å². The zero-order chi connectivity index (χ0) is 18.5. The van der Waals surface area contributed by atoms with Crippen LogP contribution in [0.5, 0.6) is 0 Å². The lowest BCUT2D eigenvalue weighted by Gasteiger charge is -2.39. The molecular formula is C21H21BN4O. The van der Waals surface area contributed by atoms with Gasteiger partial charge in [0.25, 0.3) is 0 Å². The summed E-state index contributed by atoms with van der Waals surface area (Å²) in [6, 6.07) is 14.6.